The Morgan fingerprint density at radius 2 is 1.25 bits per heavy atom. The van der Waals surface area contributed by atoms with Crippen molar-refractivity contribution in [2.24, 2.45) is 0 Å². The molecule has 0 bridgehead atoms. The third-order valence-corrected chi connectivity index (χ3v) is 3.22. The molecule has 0 aliphatic carbocycles. The number of thiol groups is 1. The second kappa shape index (κ2) is 3.09. The van der Waals surface area contributed by atoms with Gasteiger partial charge in [0.25, 0.3) is 0 Å². The van der Waals surface area contributed by atoms with Crippen molar-refractivity contribution >= 4 is 46.0 Å². The van der Waals surface area contributed by atoms with Gasteiger partial charge in [-0.05, 0) is 36.4 Å². The highest BCUT2D eigenvalue weighted by Crippen LogP contribution is 2.32. The van der Waals surface area contributed by atoms with Crippen LogP contribution in [0, 0.1) is 0 Å². The summed E-state index contributed by atoms with van der Waals surface area (Å²) < 4.78 is 1.85. The summed E-state index contributed by atoms with van der Waals surface area (Å²) in [7, 11) is 0. The summed E-state index contributed by atoms with van der Waals surface area (Å²) in [6.07, 6.45) is 0. The molecule has 0 aliphatic heterocycles. The van der Waals surface area contributed by atoms with Crippen LogP contribution in [0.5, 0.6) is 0 Å². The predicted octanol–water partition coefficient (Wildman–Crippen LogP) is 2.65. The topological polar surface area (TPSA) is 57.0 Å². The highest BCUT2D eigenvalue weighted by Gasteiger charge is 2.08. The summed E-state index contributed by atoms with van der Waals surface area (Å²) in [5, 5.41) is 2.16. The van der Waals surface area contributed by atoms with E-state index in [4.69, 9.17) is 11.5 Å². The molecule has 3 rings (SSSR count). The first-order valence-corrected chi connectivity index (χ1v) is 5.35. The largest absolute Gasteiger partial charge is 0.399 e. The van der Waals surface area contributed by atoms with Crippen molar-refractivity contribution in [3.63, 3.8) is 0 Å². The van der Waals surface area contributed by atoms with E-state index in [1.54, 1.807) is 0 Å². The number of rotatable bonds is 0. The van der Waals surface area contributed by atoms with Crippen molar-refractivity contribution in [2.75, 3.05) is 11.5 Å². The molecule has 4 N–H and O–H groups in total. The minimum absolute atomic E-state index is 0.746. The van der Waals surface area contributed by atoms with Gasteiger partial charge in [-0.2, -0.15) is 0 Å². The normalized spacial score (nSPS) is 11.3. The highest BCUT2D eigenvalue weighted by molar-refractivity contribution is 7.79. The monoisotopic (exact) mass is 229 g/mol. The summed E-state index contributed by atoms with van der Waals surface area (Å²) in [5.74, 6) is 0. The Morgan fingerprint density at radius 3 is 1.69 bits per heavy atom. The standard InChI is InChI=1S/C12H11N3S/c13-7-1-3-11-9(5-7)10-6-8(14)2-4-12(10)15(11)16/h1-6,16H,13-14H2. The highest BCUT2D eigenvalue weighted by atomic mass is 32.1. The number of anilines is 2. The van der Waals surface area contributed by atoms with Gasteiger partial charge < -0.3 is 11.5 Å². The molecule has 0 aliphatic rings. The Bertz CT molecular complexity index is 641. The lowest BCUT2D eigenvalue weighted by Gasteiger charge is -1.96. The molecule has 4 heteroatoms. The van der Waals surface area contributed by atoms with Gasteiger partial charge in [0.15, 0.2) is 0 Å². The Labute approximate surface area is 98.2 Å². The summed E-state index contributed by atoms with van der Waals surface area (Å²) in [4.78, 5) is 0. The first kappa shape index (κ1) is 9.42. The third kappa shape index (κ3) is 1.17. The lowest BCUT2D eigenvalue weighted by molar-refractivity contribution is 1.44. The quantitative estimate of drug-likeness (QED) is 0.410. The fourth-order valence-corrected chi connectivity index (χ4v) is 2.39. The number of nitrogens with zero attached hydrogens (tertiary/aromatic N) is 1. The van der Waals surface area contributed by atoms with Crippen molar-refractivity contribution in [1.82, 2.24) is 3.97 Å². The summed E-state index contributed by atoms with van der Waals surface area (Å²) in [6.45, 7) is 0. The molecular formula is C12H11N3S. The molecule has 0 atom stereocenters. The van der Waals surface area contributed by atoms with Crippen LogP contribution in [0.3, 0.4) is 0 Å². The van der Waals surface area contributed by atoms with Gasteiger partial charge >= 0.3 is 0 Å². The van der Waals surface area contributed by atoms with Crippen LogP contribution in [0.15, 0.2) is 36.4 Å². The molecule has 0 amide bonds. The van der Waals surface area contributed by atoms with E-state index in [1.807, 2.05) is 40.4 Å². The number of nitrogens with two attached hydrogens (primary N) is 2. The number of hydrogen-bond donors (Lipinski definition) is 3. The van der Waals surface area contributed by atoms with Gasteiger partial charge in [-0.15, -0.1) is 0 Å². The van der Waals surface area contributed by atoms with E-state index in [-0.39, 0.29) is 0 Å². The molecule has 0 saturated carbocycles. The minimum atomic E-state index is 0.746. The molecule has 0 saturated heterocycles. The molecule has 3 aromatic rings. The third-order valence-electron chi connectivity index (χ3n) is 2.79. The number of nitrogen functional groups attached to an aromatic ring is 2. The fourth-order valence-electron chi connectivity index (χ4n) is 2.04. The molecule has 3 nitrogen and oxygen atoms in total. The molecule has 16 heavy (non-hydrogen) atoms. The molecule has 0 fully saturated rings. The van der Waals surface area contributed by atoms with Crippen molar-refractivity contribution < 1.29 is 0 Å². The van der Waals surface area contributed by atoms with E-state index in [2.05, 4.69) is 12.8 Å². The smallest absolute Gasteiger partial charge is 0.0603 e. The van der Waals surface area contributed by atoms with E-state index in [1.165, 1.54) is 0 Å². The van der Waals surface area contributed by atoms with Crippen LogP contribution < -0.4 is 11.5 Å². The molecule has 1 heterocycles. The zero-order chi connectivity index (χ0) is 11.3. The zero-order valence-electron chi connectivity index (χ0n) is 8.51. The van der Waals surface area contributed by atoms with Crippen LogP contribution in [-0.2, 0) is 0 Å². The summed E-state index contributed by atoms with van der Waals surface area (Å²) in [5.41, 5.74) is 15.2. The van der Waals surface area contributed by atoms with Gasteiger partial charge in [0.2, 0.25) is 0 Å². The Kier molecular flexibility index (Phi) is 1.82. The van der Waals surface area contributed by atoms with Crippen molar-refractivity contribution in [3.8, 4) is 0 Å². The molecule has 80 valence electrons. The van der Waals surface area contributed by atoms with E-state index < -0.39 is 0 Å². The molecule has 1 aromatic heterocycles. The SMILES string of the molecule is Nc1ccc2c(c1)c1cc(N)ccc1n2S. The average molecular weight is 229 g/mol. The van der Waals surface area contributed by atoms with Gasteiger partial charge in [-0.25, -0.2) is 0 Å². The first-order valence-electron chi connectivity index (χ1n) is 4.95. The average Bonchev–Trinajstić information content (AvgIpc) is 2.52. The van der Waals surface area contributed by atoms with Crippen LogP contribution in [0.1, 0.15) is 0 Å². The molecule has 0 unspecified atom stereocenters. The fraction of sp³-hybridized carbons (Fsp3) is 0. The van der Waals surface area contributed by atoms with E-state index in [0.29, 0.717) is 0 Å². The van der Waals surface area contributed by atoms with Crippen molar-refractivity contribution in [3.05, 3.63) is 36.4 Å². The number of fused-ring (bicyclic) bond motifs is 3. The van der Waals surface area contributed by atoms with Crippen LogP contribution in [-0.4, -0.2) is 3.97 Å². The number of aromatic nitrogens is 1. The van der Waals surface area contributed by atoms with Gasteiger partial charge in [0, 0.05) is 22.1 Å². The minimum Gasteiger partial charge on any atom is -0.399 e. The maximum Gasteiger partial charge on any atom is 0.0603 e. The van der Waals surface area contributed by atoms with Gasteiger partial charge in [-0.1, -0.05) is 12.8 Å². The van der Waals surface area contributed by atoms with E-state index in [9.17, 15) is 0 Å². The maximum atomic E-state index is 5.80. The summed E-state index contributed by atoms with van der Waals surface area (Å²) in [6, 6.07) is 11.6. The van der Waals surface area contributed by atoms with Crippen LogP contribution in [0.25, 0.3) is 21.8 Å². The predicted molar refractivity (Wildman–Crippen MR) is 72.7 cm³/mol. The second-order valence-electron chi connectivity index (χ2n) is 3.86. The van der Waals surface area contributed by atoms with Crippen LogP contribution in [0.2, 0.25) is 0 Å². The number of benzene rings is 2. The first-order chi connectivity index (χ1) is 7.66. The molecule has 0 radical (unpaired) electrons. The van der Waals surface area contributed by atoms with E-state index >= 15 is 0 Å². The van der Waals surface area contributed by atoms with Crippen molar-refractivity contribution in [2.45, 2.75) is 0 Å². The maximum absolute atomic E-state index is 5.80. The van der Waals surface area contributed by atoms with Crippen LogP contribution >= 0.6 is 12.8 Å². The lowest BCUT2D eigenvalue weighted by Crippen LogP contribution is -1.83. The Balaban J connectivity index is 2.60. The zero-order valence-corrected chi connectivity index (χ0v) is 9.41. The Morgan fingerprint density at radius 1 is 0.812 bits per heavy atom. The Hall–Kier alpha value is -1.81. The van der Waals surface area contributed by atoms with E-state index in [0.717, 1.165) is 33.2 Å². The van der Waals surface area contributed by atoms with Crippen molar-refractivity contribution in [1.29, 1.82) is 0 Å². The number of hydrogen-bond acceptors (Lipinski definition) is 3. The van der Waals surface area contributed by atoms with Gasteiger partial charge in [-0.3, -0.25) is 3.97 Å². The van der Waals surface area contributed by atoms with Gasteiger partial charge in [0.05, 0.1) is 11.0 Å². The molecule has 2 aromatic carbocycles. The van der Waals surface area contributed by atoms with Gasteiger partial charge in [0.1, 0.15) is 0 Å². The second-order valence-corrected chi connectivity index (χ2v) is 4.26. The lowest BCUT2D eigenvalue weighted by atomic mass is 10.1. The van der Waals surface area contributed by atoms with Crippen LogP contribution in [0.4, 0.5) is 11.4 Å². The molecule has 0 spiro atoms. The summed E-state index contributed by atoms with van der Waals surface area (Å²) >= 11 is 4.47. The molecular weight excluding hydrogens is 218 g/mol.